The Hall–Kier alpha value is 0.660. The number of hydrogen-bond donors (Lipinski definition) is 0. The molecule has 0 spiro atoms. The average molecular weight is 487 g/mol. The van der Waals surface area contributed by atoms with E-state index in [4.69, 9.17) is 0 Å². The first-order valence-electron chi connectivity index (χ1n) is 7.14. The van der Waals surface area contributed by atoms with Gasteiger partial charge < -0.3 is 4.84 Å². The Morgan fingerprint density at radius 3 is 2.74 bits per heavy atom. The van der Waals surface area contributed by atoms with E-state index in [1.807, 2.05) is 0 Å². The molecule has 10 atom stereocenters. The Bertz CT molecular complexity index is 485. The predicted octanol–water partition coefficient (Wildman–Crippen LogP) is 2.95. The van der Waals surface area contributed by atoms with Crippen LogP contribution in [0.2, 0.25) is 0 Å². The third kappa shape index (κ3) is 1.07. The molecule has 0 aromatic rings. The van der Waals surface area contributed by atoms with Crippen LogP contribution in [0.25, 0.3) is 0 Å². The van der Waals surface area contributed by atoms with E-state index in [-0.39, 0.29) is 0 Å². The highest BCUT2D eigenvalue weighted by atomic mass is 127. The summed E-state index contributed by atoms with van der Waals surface area (Å²) in [5.41, 5.74) is 0.389. The Morgan fingerprint density at radius 1 is 1.21 bits per heavy atom. The number of alkyl halides is 2. The van der Waals surface area contributed by atoms with Gasteiger partial charge in [0.05, 0.1) is 6.61 Å². The summed E-state index contributed by atoms with van der Waals surface area (Å²) in [5.74, 6) is 6.51. The first kappa shape index (κ1) is 12.2. The summed E-state index contributed by atoms with van der Waals surface area (Å²) in [6.45, 7) is 0.312. The van der Waals surface area contributed by atoms with Crippen molar-refractivity contribution in [1.82, 2.24) is 0 Å². The van der Waals surface area contributed by atoms with Gasteiger partial charge in [-0.25, -0.2) is 0 Å². The van der Waals surface area contributed by atoms with Crippen molar-refractivity contribution in [3.05, 3.63) is 10.1 Å². The second-order valence-corrected chi connectivity index (χ2v) is 9.89. The predicted molar refractivity (Wildman–Crippen MR) is 84.7 cm³/mol. The topological polar surface area (TPSA) is 52.4 Å². The molecule has 0 unspecified atom stereocenters. The van der Waals surface area contributed by atoms with Gasteiger partial charge in [-0.2, -0.15) is 0 Å². The summed E-state index contributed by atoms with van der Waals surface area (Å²) in [6, 6.07) is 0. The van der Waals surface area contributed by atoms with E-state index in [9.17, 15) is 10.1 Å². The monoisotopic (exact) mass is 487 g/mol. The molecule has 6 fully saturated rings. The lowest BCUT2D eigenvalue weighted by Gasteiger charge is -2.42. The van der Waals surface area contributed by atoms with Gasteiger partial charge >= 0.3 is 0 Å². The minimum atomic E-state index is -0.621. The van der Waals surface area contributed by atoms with E-state index in [0.717, 1.165) is 55.7 Å². The van der Waals surface area contributed by atoms with Gasteiger partial charge in [0, 0.05) is 7.85 Å². The zero-order chi connectivity index (χ0) is 13.1. The summed E-state index contributed by atoms with van der Waals surface area (Å²) >= 11 is 5.40. The molecule has 0 radical (unpaired) electrons. The van der Waals surface area contributed by atoms with Crippen LogP contribution in [0, 0.1) is 57.0 Å². The van der Waals surface area contributed by atoms with Crippen molar-refractivity contribution in [2.45, 2.75) is 20.7 Å². The van der Waals surface area contributed by atoms with Gasteiger partial charge in [-0.15, -0.1) is 10.1 Å². The molecule has 6 saturated carbocycles. The molecule has 6 heteroatoms. The summed E-state index contributed by atoms with van der Waals surface area (Å²) in [5, 5.41) is 9.81. The summed E-state index contributed by atoms with van der Waals surface area (Å²) in [7, 11) is 0. The fraction of sp³-hybridized carbons (Fsp3) is 1.00. The van der Waals surface area contributed by atoms with Crippen molar-refractivity contribution in [3.8, 4) is 0 Å². The molecular weight excluding hydrogens is 472 g/mol. The maximum absolute atomic E-state index is 10.4. The van der Waals surface area contributed by atoms with Crippen LogP contribution in [-0.2, 0) is 4.84 Å². The summed E-state index contributed by atoms with van der Waals surface area (Å²) in [6.07, 6.45) is 2.39. The molecule has 6 bridgehead atoms. The standard InChI is InChI=1S/C13H15I2NO3/c14-11-8-4-3-5-7-6(4)10(11)13(9(5)8,12(7)15)1-2-19-16(17)18/h4-12H,1-3H2/t4-,5-,6-,7+,8-,9-,10-,11+,12-,13-/m1/s1. The van der Waals surface area contributed by atoms with Crippen LogP contribution >= 0.6 is 45.2 Å². The Balaban J connectivity index is 1.52. The highest BCUT2D eigenvalue weighted by Crippen LogP contribution is 2.89. The maximum atomic E-state index is 10.4. The quantitative estimate of drug-likeness (QED) is 0.266. The number of rotatable bonds is 4. The van der Waals surface area contributed by atoms with Gasteiger partial charge in [-0.05, 0) is 59.7 Å². The van der Waals surface area contributed by atoms with Gasteiger partial charge in [0.2, 0.25) is 0 Å². The first-order chi connectivity index (χ1) is 9.09. The molecule has 0 amide bonds. The largest absolute Gasteiger partial charge is 0.314 e. The van der Waals surface area contributed by atoms with Gasteiger partial charge in [0.15, 0.2) is 0 Å². The van der Waals surface area contributed by atoms with Gasteiger partial charge in [0.25, 0.3) is 5.09 Å². The van der Waals surface area contributed by atoms with E-state index in [1.54, 1.807) is 0 Å². The fourth-order valence-electron chi connectivity index (χ4n) is 7.48. The zero-order valence-electron chi connectivity index (χ0n) is 10.2. The SMILES string of the molecule is O=[N+]([O-])OCC[C@@]12[C@@H]3[C@@H]4C[C@H]5[C@H]3[C@H](I)[C@H]1[C@H]5[C@H]4[C@H]2I. The van der Waals surface area contributed by atoms with E-state index >= 15 is 0 Å². The normalized spacial score (nSPS) is 65.7. The van der Waals surface area contributed by atoms with E-state index in [2.05, 4.69) is 50.0 Å². The van der Waals surface area contributed by atoms with Crippen molar-refractivity contribution >= 4 is 45.2 Å². The lowest BCUT2D eigenvalue weighted by atomic mass is 9.62. The Morgan fingerprint density at radius 2 is 2.00 bits per heavy atom. The van der Waals surface area contributed by atoms with Gasteiger partial charge in [-0.3, -0.25) is 0 Å². The summed E-state index contributed by atoms with van der Waals surface area (Å²) in [4.78, 5) is 15.1. The van der Waals surface area contributed by atoms with Gasteiger partial charge in [-0.1, -0.05) is 45.2 Å². The average Bonchev–Trinajstić information content (AvgIpc) is 3.05. The minimum Gasteiger partial charge on any atom is -0.314 e. The fourth-order valence-corrected chi connectivity index (χ4v) is 11.8. The molecule has 6 rings (SSSR count). The maximum Gasteiger partial charge on any atom is 0.294 e. The molecule has 19 heavy (non-hydrogen) atoms. The third-order valence-corrected chi connectivity index (χ3v) is 10.9. The molecule has 0 aromatic heterocycles. The van der Waals surface area contributed by atoms with E-state index in [0.29, 0.717) is 12.0 Å². The lowest BCUT2D eigenvalue weighted by molar-refractivity contribution is -0.758. The van der Waals surface area contributed by atoms with Crippen molar-refractivity contribution < 1.29 is 9.92 Å². The van der Waals surface area contributed by atoms with E-state index < -0.39 is 5.09 Å². The summed E-state index contributed by atoms with van der Waals surface area (Å²) < 4.78 is 1.59. The highest BCUT2D eigenvalue weighted by Gasteiger charge is 2.87. The van der Waals surface area contributed by atoms with Crippen molar-refractivity contribution in [3.63, 3.8) is 0 Å². The molecule has 0 saturated heterocycles. The zero-order valence-corrected chi connectivity index (χ0v) is 14.6. The molecule has 6 aliphatic carbocycles. The van der Waals surface area contributed by atoms with Crippen LogP contribution in [0.1, 0.15) is 12.8 Å². The smallest absolute Gasteiger partial charge is 0.294 e. The second-order valence-electron chi connectivity index (χ2n) is 7.11. The number of halogens is 2. The molecule has 0 aromatic carbocycles. The van der Waals surface area contributed by atoms with Crippen LogP contribution in [0.4, 0.5) is 0 Å². The second kappa shape index (κ2) is 3.52. The van der Waals surface area contributed by atoms with Crippen LogP contribution < -0.4 is 0 Å². The minimum absolute atomic E-state index is 0.312. The Kier molecular flexibility index (Phi) is 2.27. The van der Waals surface area contributed by atoms with Crippen LogP contribution in [0.5, 0.6) is 0 Å². The number of nitrogens with zero attached hydrogens (tertiary/aromatic N) is 1. The molecule has 0 aliphatic heterocycles. The van der Waals surface area contributed by atoms with Crippen molar-refractivity contribution in [2.24, 2.45) is 46.8 Å². The van der Waals surface area contributed by atoms with Crippen LogP contribution in [0.15, 0.2) is 0 Å². The lowest BCUT2D eigenvalue weighted by Crippen LogP contribution is -2.40. The first-order valence-corrected chi connectivity index (χ1v) is 9.63. The molecule has 104 valence electrons. The highest BCUT2D eigenvalue weighted by molar-refractivity contribution is 14.1. The van der Waals surface area contributed by atoms with Crippen molar-refractivity contribution in [1.29, 1.82) is 0 Å². The van der Waals surface area contributed by atoms with Crippen molar-refractivity contribution in [2.75, 3.05) is 6.61 Å². The van der Waals surface area contributed by atoms with Crippen LogP contribution in [-0.4, -0.2) is 19.5 Å². The molecule has 6 aliphatic rings. The van der Waals surface area contributed by atoms with Crippen LogP contribution in [0.3, 0.4) is 0 Å². The number of hydrogen-bond acceptors (Lipinski definition) is 3. The molecular formula is C13H15I2NO3. The molecule has 0 N–H and O–H groups in total. The molecule has 4 nitrogen and oxygen atoms in total. The third-order valence-electron chi connectivity index (χ3n) is 7.30. The molecule has 0 heterocycles. The van der Waals surface area contributed by atoms with Gasteiger partial charge in [0.1, 0.15) is 0 Å². The van der Waals surface area contributed by atoms with E-state index in [1.165, 1.54) is 6.42 Å². The Labute approximate surface area is 138 Å².